The van der Waals surface area contributed by atoms with Crippen molar-refractivity contribution in [3.63, 3.8) is 0 Å². The Morgan fingerprint density at radius 2 is 2.33 bits per heavy atom. The van der Waals surface area contributed by atoms with Gasteiger partial charge in [-0.1, -0.05) is 19.8 Å². The molecule has 3 heteroatoms. The number of hydrogen-bond donors (Lipinski definition) is 1. The van der Waals surface area contributed by atoms with Crippen LogP contribution in [0.5, 0.6) is 0 Å². The van der Waals surface area contributed by atoms with Crippen LogP contribution in [0, 0.1) is 0 Å². The second kappa shape index (κ2) is 4.93. The van der Waals surface area contributed by atoms with Crippen LogP contribution in [0.3, 0.4) is 0 Å². The maximum atomic E-state index is 5.74. The quantitative estimate of drug-likeness (QED) is 0.641. The van der Waals surface area contributed by atoms with E-state index in [0.717, 1.165) is 6.54 Å². The van der Waals surface area contributed by atoms with Gasteiger partial charge in [0, 0.05) is 19.0 Å². The third kappa shape index (κ3) is 2.66. The van der Waals surface area contributed by atoms with E-state index in [1.54, 1.807) is 6.21 Å². The molecule has 1 heterocycles. The molecule has 0 radical (unpaired) electrons. The van der Waals surface area contributed by atoms with Gasteiger partial charge in [-0.05, 0) is 12.5 Å². The van der Waals surface area contributed by atoms with E-state index in [9.17, 15) is 0 Å². The topological polar surface area (TPSA) is 41.6 Å². The van der Waals surface area contributed by atoms with Crippen molar-refractivity contribution >= 4 is 6.21 Å². The Labute approximate surface area is 74.0 Å². The van der Waals surface area contributed by atoms with Gasteiger partial charge in [-0.15, -0.1) is 0 Å². The number of nitrogens with two attached hydrogens (primary N) is 1. The fourth-order valence-corrected chi connectivity index (χ4v) is 1.21. The molecule has 2 N–H and O–H groups in total. The second-order valence-electron chi connectivity index (χ2n) is 3.00. The minimum Gasteiger partial charge on any atom is -0.344 e. The summed E-state index contributed by atoms with van der Waals surface area (Å²) in [6, 6.07) is 0. The minimum absolute atomic E-state index is 0.160. The van der Waals surface area contributed by atoms with E-state index < -0.39 is 0 Å². The summed E-state index contributed by atoms with van der Waals surface area (Å²) in [4.78, 5) is 6.15. The zero-order chi connectivity index (χ0) is 8.81. The molecule has 1 atom stereocenters. The van der Waals surface area contributed by atoms with E-state index in [-0.39, 0.29) is 6.29 Å². The Morgan fingerprint density at radius 1 is 1.50 bits per heavy atom. The highest BCUT2D eigenvalue weighted by Gasteiger charge is 2.08. The highest BCUT2D eigenvalue weighted by molar-refractivity contribution is 5.71. The molecule has 12 heavy (non-hydrogen) atoms. The third-order valence-electron chi connectivity index (χ3n) is 1.96. The molecular formula is C9H17N3. The second-order valence-corrected chi connectivity index (χ2v) is 3.00. The van der Waals surface area contributed by atoms with E-state index in [1.165, 1.54) is 19.3 Å². The van der Waals surface area contributed by atoms with Gasteiger partial charge in [0.1, 0.15) is 0 Å². The Bertz CT molecular complexity index is 175. The summed E-state index contributed by atoms with van der Waals surface area (Å²) in [6.45, 7) is 3.22. The molecule has 0 aliphatic carbocycles. The first kappa shape index (κ1) is 9.26. The van der Waals surface area contributed by atoms with Gasteiger partial charge in [-0.2, -0.15) is 0 Å². The highest BCUT2D eigenvalue weighted by atomic mass is 15.3. The molecule has 0 aromatic heterocycles. The van der Waals surface area contributed by atoms with Gasteiger partial charge in [0.25, 0.3) is 0 Å². The largest absolute Gasteiger partial charge is 0.344 e. The van der Waals surface area contributed by atoms with Gasteiger partial charge >= 0.3 is 0 Å². The molecule has 1 aliphatic rings. The molecule has 1 unspecified atom stereocenters. The van der Waals surface area contributed by atoms with Crippen LogP contribution in [-0.2, 0) is 0 Å². The van der Waals surface area contributed by atoms with Gasteiger partial charge in [-0.3, -0.25) is 10.7 Å². The Morgan fingerprint density at radius 3 is 3.00 bits per heavy atom. The number of allylic oxidation sites excluding steroid dienone is 1. The highest BCUT2D eigenvalue weighted by Crippen LogP contribution is 2.04. The molecule has 1 aliphatic heterocycles. The Balaban J connectivity index is 2.23. The molecule has 0 bridgehead atoms. The number of unbranched alkanes of at least 4 members (excludes halogenated alkanes) is 2. The molecule has 3 nitrogen and oxygen atoms in total. The van der Waals surface area contributed by atoms with Crippen molar-refractivity contribution in [2.24, 2.45) is 10.7 Å². The number of hydrogen-bond acceptors (Lipinski definition) is 3. The minimum atomic E-state index is -0.160. The number of nitrogens with zero attached hydrogens (tertiary/aromatic N) is 2. The number of rotatable bonds is 4. The molecule has 0 fully saturated rings. The molecule has 0 spiro atoms. The van der Waals surface area contributed by atoms with Crippen LogP contribution in [0.25, 0.3) is 0 Å². The predicted molar refractivity (Wildman–Crippen MR) is 51.8 cm³/mol. The summed E-state index contributed by atoms with van der Waals surface area (Å²) in [7, 11) is 0. The van der Waals surface area contributed by atoms with Crippen molar-refractivity contribution in [3.8, 4) is 0 Å². The van der Waals surface area contributed by atoms with E-state index in [2.05, 4.69) is 16.8 Å². The summed E-state index contributed by atoms with van der Waals surface area (Å²) in [5.74, 6) is 0. The molecule has 0 amide bonds. The summed E-state index contributed by atoms with van der Waals surface area (Å²) < 4.78 is 0. The van der Waals surface area contributed by atoms with E-state index in [0.29, 0.717) is 0 Å². The first-order valence-electron chi connectivity index (χ1n) is 4.56. The van der Waals surface area contributed by atoms with Crippen molar-refractivity contribution in [2.75, 3.05) is 6.54 Å². The lowest BCUT2D eigenvalue weighted by atomic mass is 10.2. The Hall–Kier alpha value is -0.830. The zero-order valence-corrected chi connectivity index (χ0v) is 7.61. The van der Waals surface area contributed by atoms with Crippen LogP contribution in [0.4, 0.5) is 0 Å². The average molecular weight is 167 g/mol. The van der Waals surface area contributed by atoms with Crippen molar-refractivity contribution in [3.05, 3.63) is 12.3 Å². The molecular weight excluding hydrogens is 150 g/mol. The standard InChI is InChI=1S/C9H17N3/c1-2-3-4-7-12-8-5-6-11-9(12)10/h5-6,8-9H,2-4,7,10H2,1H3. The zero-order valence-electron chi connectivity index (χ0n) is 7.61. The fourth-order valence-electron chi connectivity index (χ4n) is 1.21. The molecule has 1 rings (SSSR count). The van der Waals surface area contributed by atoms with Crippen LogP contribution < -0.4 is 5.73 Å². The van der Waals surface area contributed by atoms with Crippen molar-refractivity contribution in [2.45, 2.75) is 32.5 Å². The van der Waals surface area contributed by atoms with Crippen molar-refractivity contribution in [1.29, 1.82) is 0 Å². The average Bonchev–Trinajstić information content (AvgIpc) is 2.09. The number of aliphatic imine (C=N–C) groups is 1. The van der Waals surface area contributed by atoms with Crippen molar-refractivity contribution < 1.29 is 0 Å². The van der Waals surface area contributed by atoms with Crippen molar-refractivity contribution in [1.82, 2.24) is 4.90 Å². The van der Waals surface area contributed by atoms with Crippen LogP contribution >= 0.6 is 0 Å². The van der Waals surface area contributed by atoms with Crippen LogP contribution in [0.1, 0.15) is 26.2 Å². The van der Waals surface area contributed by atoms with Crippen LogP contribution in [-0.4, -0.2) is 23.9 Å². The lowest BCUT2D eigenvalue weighted by Gasteiger charge is -2.26. The van der Waals surface area contributed by atoms with E-state index in [1.807, 2.05) is 12.3 Å². The van der Waals surface area contributed by atoms with Gasteiger partial charge in [0.15, 0.2) is 6.29 Å². The summed E-state index contributed by atoms with van der Waals surface area (Å²) in [5, 5.41) is 0. The lowest BCUT2D eigenvalue weighted by molar-refractivity contribution is 0.281. The van der Waals surface area contributed by atoms with E-state index >= 15 is 0 Å². The molecule has 0 saturated heterocycles. The SMILES string of the molecule is CCCCCN1C=CC=NC1N. The first-order valence-corrected chi connectivity index (χ1v) is 4.56. The normalized spacial score (nSPS) is 21.8. The molecule has 0 aromatic rings. The maximum Gasteiger partial charge on any atom is 0.173 e. The van der Waals surface area contributed by atoms with Gasteiger partial charge in [-0.25, -0.2) is 0 Å². The predicted octanol–water partition coefficient (Wildman–Crippen LogP) is 1.32. The summed E-state index contributed by atoms with van der Waals surface area (Å²) in [5.41, 5.74) is 5.74. The molecule has 0 aromatic carbocycles. The molecule has 68 valence electrons. The first-order chi connectivity index (χ1) is 5.84. The lowest BCUT2D eigenvalue weighted by Crippen LogP contribution is -2.38. The molecule has 0 saturated carbocycles. The van der Waals surface area contributed by atoms with Gasteiger partial charge in [0.2, 0.25) is 0 Å². The van der Waals surface area contributed by atoms with E-state index in [4.69, 9.17) is 5.73 Å². The van der Waals surface area contributed by atoms with Crippen LogP contribution in [0.15, 0.2) is 17.3 Å². The fraction of sp³-hybridized carbons (Fsp3) is 0.667. The van der Waals surface area contributed by atoms with Crippen LogP contribution in [0.2, 0.25) is 0 Å². The summed E-state index contributed by atoms with van der Waals surface area (Å²) in [6.07, 6.45) is 9.23. The van der Waals surface area contributed by atoms with Gasteiger partial charge in [0.05, 0.1) is 0 Å². The summed E-state index contributed by atoms with van der Waals surface area (Å²) >= 11 is 0. The smallest absolute Gasteiger partial charge is 0.173 e. The monoisotopic (exact) mass is 167 g/mol. The maximum absolute atomic E-state index is 5.74. The Kier molecular flexibility index (Phi) is 3.80. The third-order valence-corrected chi connectivity index (χ3v) is 1.96. The van der Waals surface area contributed by atoms with Gasteiger partial charge < -0.3 is 4.90 Å².